The second-order valence-corrected chi connectivity index (χ2v) is 9.60. The first-order chi connectivity index (χ1) is 17.8. The van der Waals surface area contributed by atoms with Gasteiger partial charge in [0.2, 0.25) is 5.91 Å². The molecule has 0 aliphatic carbocycles. The molecular formula is C25H25F2N3O6S. The Morgan fingerprint density at radius 3 is 2.68 bits per heavy atom. The van der Waals surface area contributed by atoms with E-state index in [1.54, 1.807) is 30.3 Å². The van der Waals surface area contributed by atoms with Crippen LogP contribution in [0.15, 0.2) is 53.5 Å². The number of carbonyl (C=O) groups excluding carboxylic acids is 3. The van der Waals surface area contributed by atoms with Crippen LogP contribution >= 0.6 is 11.8 Å². The molecule has 1 fully saturated rings. The number of ether oxygens (including phenoxy) is 2. The lowest BCUT2D eigenvalue weighted by molar-refractivity contribution is -0.151. The normalized spacial score (nSPS) is 23.7. The molecule has 0 spiro atoms. The second-order valence-electron chi connectivity index (χ2n) is 8.60. The zero-order chi connectivity index (χ0) is 26.6. The van der Waals surface area contributed by atoms with Gasteiger partial charge in [-0.2, -0.15) is 0 Å². The summed E-state index contributed by atoms with van der Waals surface area (Å²) in [5.41, 5.74) is -0.847. The highest BCUT2D eigenvalue weighted by Crippen LogP contribution is 2.47. The first-order valence-electron chi connectivity index (χ1n) is 11.4. The zero-order valence-electron chi connectivity index (χ0n) is 19.8. The highest BCUT2D eigenvalue weighted by molar-refractivity contribution is 8.13. The lowest BCUT2D eigenvalue weighted by Gasteiger charge is -2.46. The molecular weight excluding hydrogens is 508 g/mol. The van der Waals surface area contributed by atoms with Gasteiger partial charge in [0.25, 0.3) is 5.91 Å². The van der Waals surface area contributed by atoms with Crippen LogP contribution in [0.4, 0.5) is 8.78 Å². The molecule has 12 heteroatoms. The van der Waals surface area contributed by atoms with Crippen LogP contribution in [0.25, 0.3) is 0 Å². The van der Waals surface area contributed by atoms with Crippen molar-refractivity contribution < 1.29 is 37.7 Å². The number of halogens is 2. The van der Waals surface area contributed by atoms with Crippen molar-refractivity contribution in [3.63, 3.8) is 0 Å². The number of nitrogens with zero attached hydrogens (tertiary/aromatic N) is 1. The van der Waals surface area contributed by atoms with E-state index in [0.29, 0.717) is 11.3 Å². The molecule has 4 rings (SSSR count). The van der Waals surface area contributed by atoms with E-state index in [1.165, 1.54) is 17.8 Å². The maximum Gasteiger partial charge on any atom is 0.330 e. The average Bonchev–Trinajstić information content (AvgIpc) is 2.91. The van der Waals surface area contributed by atoms with Gasteiger partial charge in [-0.1, -0.05) is 36.0 Å². The lowest BCUT2D eigenvalue weighted by atomic mass is 9.75. The number of carbonyl (C=O) groups is 3. The van der Waals surface area contributed by atoms with Crippen LogP contribution in [-0.4, -0.2) is 66.3 Å². The van der Waals surface area contributed by atoms with Crippen LogP contribution in [0.5, 0.6) is 0 Å². The third-order valence-electron chi connectivity index (χ3n) is 6.33. The summed E-state index contributed by atoms with van der Waals surface area (Å²) in [6, 6.07) is 10.4. The minimum absolute atomic E-state index is 0.0762. The zero-order valence-corrected chi connectivity index (χ0v) is 20.6. The van der Waals surface area contributed by atoms with Gasteiger partial charge in [0, 0.05) is 28.9 Å². The van der Waals surface area contributed by atoms with E-state index in [2.05, 4.69) is 20.4 Å². The van der Waals surface area contributed by atoms with Crippen molar-refractivity contribution >= 4 is 34.7 Å². The molecule has 0 aromatic heterocycles. The number of fused-ring (bicyclic) bond motifs is 1. The van der Waals surface area contributed by atoms with Gasteiger partial charge in [0.1, 0.15) is 23.3 Å². The van der Waals surface area contributed by atoms with E-state index in [4.69, 9.17) is 4.74 Å². The summed E-state index contributed by atoms with van der Waals surface area (Å²) >= 11 is 1.23. The molecule has 2 aromatic carbocycles. The van der Waals surface area contributed by atoms with Crippen LogP contribution in [0.1, 0.15) is 22.3 Å². The monoisotopic (exact) mass is 533 g/mol. The number of nitrogens with one attached hydrogen (secondary N) is 2. The Hall–Kier alpha value is -3.35. The molecule has 1 saturated heterocycles. The summed E-state index contributed by atoms with van der Waals surface area (Å²) in [6.45, 7) is -0.907. The van der Waals surface area contributed by atoms with Crippen molar-refractivity contribution in [2.45, 2.75) is 24.1 Å². The highest BCUT2D eigenvalue weighted by Gasteiger charge is 2.51. The number of esters is 1. The molecule has 196 valence electrons. The number of rotatable bonds is 6. The Labute approximate surface area is 215 Å². The number of aliphatic hydroxyl groups is 1. The SMILES string of the molecule is COC(=O)C(CO)NC(=O)[C@H]1C[C@H]2CSC(NC(=O)c3ccccc3)=N[C@@]2(c2ccc(F)cc2F)CO1. The minimum atomic E-state index is -1.34. The maximum absolute atomic E-state index is 15.0. The number of hydrogen-bond acceptors (Lipinski definition) is 8. The van der Waals surface area contributed by atoms with Gasteiger partial charge in [0.05, 0.1) is 20.3 Å². The molecule has 0 radical (unpaired) electrons. The fourth-order valence-corrected chi connectivity index (χ4v) is 5.54. The Kier molecular flexibility index (Phi) is 8.20. The Morgan fingerprint density at radius 2 is 2.00 bits per heavy atom. The summed E-state index contributed by atoms with van der Waals surface area (Å²) < 4.78 is 39.1. The van der Waals surface area contributed by atoms with E-state index in [-0.39, 0.29) is 23.8 Å². The van der Waals surface area contributed by atoms with Crippen molar-refractivity contribution in [2.75, 3.05) is 26.1 Å². The Bertz CT molecular complexity index is 1210. The fourth-order valence-electron chi connectivity index (χ4n) is 4.38. The molecule has 2 aromatic rings. The Morgan fingerprint density at radius 1 is 1.24 bits per heavy atom. The van der Waals surface area contributed by atoms with E-state index >= 15 is 4.39 Å². The average molecular weight is 534 g/mol. The lowest BCUT2D eigenvalue weighted by Crippen LogP contribution is -2.56. The van der Waals surface area contributed by atoms with Crippen LogP contribution in [0.3, 0.4) is 0 Å². The third kappa shape index (κ3) is 5.65. The topological polar surface area (TPSA) is 126 Å². The van der Waals surface area contributed by atoms with Gasteiger partial charge >= 0.3 is 5.97 Å². The summed E-state index contributed by atoms with van der Waals surface area (Å²) in [6.07, 6.45) is -0.921. The number of amidine groups is 1. The quantitative estimate of drug-likeness (QED) is 0.483. The van der Waals surface area contributed by atoms with Gasteiger partial charge in [-0.05, 0) is 24.6 Å². The molecule has 2 heterocycles. The van der Waals surface area contributed by atoms with Crippen molar-refractivity contribution in [3.8, 4) is 0 Å². The molecule has 1 unspecified atom stereocenters. The third-order valence-corrected chi connectivity index (χ3v) is 7.37. The van der Waals surface area contributed by atoms with Crippen molar-refractivity contribution in [3.05, 3.63) is 71.3 Å². The van der Waals surface area contributed by atoms with E-state index in [1.807, 2.05) is 0 Å². The first-order valence-corrected chi connectivity index (χ1v) is 12.4. The molecule has 37 heavy (non-hydrogen) atoms. The van der Waals surface area contributed by atoms with Crippen LogP contribution in [0, 0.1) is 17.6 Å². The number of aliphatic hydroxyl groups excluding tert-OH is 1. The summed E-state index contributed by atoms with van der Waals surface area (Å²) in [5.74, 6) is -3.53. The van der Waals surface area contributed by atoms with Gasteiger partial charge < -0.3 is 25.2 Å². The van der Waals surface area contributed by atoms with E-state index in [9.17, 15) is 23.9 Å². The molecule has 9 nitrogen and oxygen atoms in total. The van der Waals surface area contributed by atoms with Crippen LogP contribution in [0.2, 0.25) is 0 Å². The molecule has 0 saturated carbocycles. The van der Waals surface area contributed by atoms with Crippen molar-refractivity contribution in [1.82, 2.24) is 10.6 Å². The van der Waals surface area contributed by atoms with Gasteiger partial charge in [-0.15, -0.1) is 0 Å². The maximum atomic E-state index is 15.0. The predicted octanol–water partition coefficient (Wildman–Crippen LogP) is 1.75. The van der Waals surface area contributed by atoms with Gasteiger partial charge in [-0.25, -0.2) is 18.6 Å². The first kappa shape index (κ1) is 26.7. The van der Waals surface area contributed by atoms with E-state index < -0.39 is 59.6 Å². The minimum Gasteiger partial charge on any atom is -0.467 e. The largest absolute Gasteiger partial charge is 0.467 e. The molecule has 3 N–H and O–H groups in total. The van der Waals surface area contributed by atoms with Gasteiger partial charge in [-0.3, -0.25) is 9.59 Å². The summed E-state index contributed by atoms with van der Waals surface area (Å²) in [5, 5.41) is 14.8. The fraction of sp³-hybridized carbons (Fsp3) is 0.360. The van der Waals surface area contributed by atoms with Crippen molar-refractivity contribution in [1.29, 1.82) is 0 Å². The van der Waals surface area contributed by atoms with Crippen molar-refractivity contribution in [2.24, 2.45) is 10.9 Å². The smallest absolute Gasteiger partial charge is 0.330 e. The van der Waals surface area contributed by atoms with Crippen LogP contribution < -0.4 is 10.6 Å². The molecule has 2 aliphatic rings. The van der Waals surface area contributed by atoms with Crippen LogP contribution in [-0.2, 0) is 24.6 Å². The second kappa shape index (κ2) is 11.4. The summed E-state index contributed by atoms with van der Waals surface area (Å²) in [7, 11) is 1.13. The number of benzene rings is 2. The standard InChI is InChI=1S/C25H25F2N3O6S/c1-35-23(34)19(11-31)28-22(33)20-9-15-12-37-24(29-21(32)14-5-3-2-4-6-14)30-25(15,13-36-20)17-8-7-16(26)10-18(17)27/h2-8,10,15,19-20,31H,9,11-13H2,1H3,(H,28,33)(H,29,30,32)/t15-,19?,20+,25-/m0/s1. The Balaban J connectivity index is 1.61. The number of methoxy groups -OCH3 is 1. The van der Waals surface area contributed by atoms with E-state index in [0.717, 1.165) is 19.2 Å². The number of aliphatic imine (C=N–C) groups is 1. The molecule has 0 bridgehead atoms. The number of amides is 2. The van der Waals surface area contributed by atoms with Gasteiger partial charge in [0.15, 0.2) is 11.2 Å². The highest BCUT2D eigenvalue weighted by atomic mass is 32.2. The molecule has 2 aliphatic heterocycles. The predicted molar refractivity (Wildman–Crippen MR) is 131 cm³/mol. The summed E-state index contributed by atoms with van der Waals surface area (Å²) in [4.78, 5) is 41.9. The molecule has 2 amide bonds. The number of hydrogen-bond donors (Lipinski definition) is 3. The number of thioether (sulfide) groups is 1. The molecule has 4 atom stereocenters.